The highest BCUT2D eigenvalue weighted by Gasteiger charge is 2.26. The van der Waals surface area contributed by atoms with E-state index in [1.54, 1.807) is 45.0 Å². The second-order valence-corrected chi connectivity index (χ2v) is 7.37. The maximum atomic E-state index is 14.3. The van der Waals surface area contributed by atoms with Gasteiger partial charge in [0, 0.05) is 0 Å². The fraction of sp³-hybridized carbons (Fsp3) is 0.250. The van der Waals surface area contributed by atoms with Crippen LogP contribution in [0.1, 0.15) is 30.0 Å². The quantitative estimate of drug-likeness (QED) is 0.625. The van der Waals surface area contributed by atoms with E-state index in [0.29, 0.717) is 11.5 Å². The molecule has 0 fully saturated rings. The van der Waals surface area contributed by atoms with Crippen molar-refractivity contribution < 1.29 is 14.0 Å². The monoisotopic (exact) mass is 430 g/mol. The molecule has 0 aliphatic carbocycles. The molecule has 0 saturated carbocycles. The lowest BCUT2D eigenvalue weighted by Crippen LogP contribution is -2.47. The fourth-order valence-electron chi connectivity index (χ4n) is 2.82. The van der Waals surface area contributed by atoms with Crippen molar-refractivity contribution in [3.63, 3.8) is 0 Å². The van der Waals surface area contributed by atoms with E-state index in [1.165, 1.54) is 22.9 Å². The number of amides is 2. The van der Waals surface area contributed by atoms with Gasteiger partial charge in [0.2, 0.25) is 5.91 Å². The van der Waals surface area contributed by atoms with Crippen molar-refractivity contribution in [3.05, 3.63) is 64.7 Å². The molecule has 0 bridgehead atoms. The van der Waals surface area contributed by atoms with Gasteiger partial charge in [0.1, 0.15) is 11.9 Å². The summed E-state index contributed by atoms with van der Waals surface area (Å²) in [6.45, 7) is 5.24. The summed E-state index contributed by atoms with van der Waals surface area (Å²) >= 11 is 6.06. The predicted octanol–water partition coefficient (Wildman–Crippen LogP) is 3.16. The van der Waals surface area contributed by atoms with E-state index < -0.39 is 23.7 Å². The molecule has 156 valence electrons. The predicted molar refractivity (Wildman–Crippen MR) is 110 cm³/mol. The largest absolute Gasteiger partial charge is 0.340 e. The minimum atomic E-state index is -0.911. The van der Waals surface area contributed by atoms with Crippen LogP contribution >= 0.6 is 11.6 Å². The van der Waals surface area contributed by atoms with E-state index in [-0.39, 0.29) is 22.2 Å². The van der Waals surface area contributed by atoms with Crippen molar-refractivity contribution in [2.24, 2.45) is 5.92 Å². The van der Waals surface area contributed by atoms with Crippen molar-refractivity contribution in [2.45, 2.75) is 26.8 Å². The molecule has 30 heavy (non-hydrogen) atoms. The molecule has 3 aromatic rings. The Balaban J connectivity index is 1.81. The summed E-state index contributed by atoms with van der Waals surface area (Å²) in [5, 5.41) is 16.7. The molecule has 3 rings (SSSR count). The van der Waals surface area contributed by atoms with Gasteiger partial charge >= 0.3 is 0 Å². The van der Waals surface area contributed by atoms with Crippen LogP contribution in [0.25, 0.3) is 5.69 Å². The first-order valence-corrected chi connectivity index (χ1v) is 9.57. The molecule has 1 unspecified atom stereocenters. The SMILES string of the molecule is Cc1nnnn1-c1ccc(F)c(NC(=O)C(NC(=O)c2ccccc2Cl)C(C)C)c1. The first kappa shape index (κ1) is 21.4. The van der Waals surface area contributed by atoms with E-state index >= 15 is 0 Å². The molecule has 2 amide bonds. The summed E-state index contributed by atoms with van der Waals surface area (Å²) in [6, 6.07) is 9.73. The van der Waals surface area contributed by atoms with Crippen molar-refractivity contribution in [1.82, 2.24) is 25.5 Å². The van der Waals surface area contributed by atoms with Gasteiger partial charge in [0.15, 0.2) is 5.82 Å². The molecule has 0 aliphatic heterocycles. The van der Waals surface area contributed by atoms with Gasteiger partial charge in [-0.05, 0) is 53.6 Å². The number of rotatable bonds is 6. The number of carbonyl (C=O) groups is 2. The topological polar surface area (TPSA) is 102 Å². The van der Waals surface area contributed by atoms with Gasteiger partial charge in [0.05, 0.1) is 22.0 Å². The van der Waals surface area contributed by atoms with Crippen LogP contribution in [0.5, 0.6) is 0 Å². The van der Waals surface area contributed by atoms with Gasteiger partial charge < -0.3 is 10.6 Å². The van der Waals surface area contributed by atoms with E-state index in [0.717, 1.165) is 0 Å². The third-order valence-corrected chi connectivity index (χ3v) is 4.76. The van der Waals surface area contributed by atoms with Gasteiger partial charge in [-0.2, -0.15) is 4.68 Å². The van der Waals surface area contributed by atoms with Gasteiger partial charge in [0.25, 0.3) is 5.91 Å². The molecule has 0 spiro atoms. The number of hydrogen-bond acceptors (Lipinski definition) is 5. The minimum absolute atomic E-state index is 0.0509. The molecule has 0 aliphatic rings. The summed E-state index contributed by atoms with van der Waals surface area (Å²) in [5.41, 5.74) is 0.681. The highest BCUT2D eigenvalue weighted by molar-refractivity contribution is 6.33. The lowest BCUT2D eigenvalue weighted by atomic mass is 10.0. The zero-order valence-electron chi connectivity index (χ0n) is 16.6. The summed E-state index contributed by atoms with van der Waals surface area (Å²) in [4.78, 5) is 25.4. The highest BCUT2D eigenvalue weighted by Crippen LogP contribution is 2.20. The molecule has 2 aromatic carbocycles. The third-order valence-electron chi connectivity index (χ3n) is 4.43. The lowest BCUT2D eigenvalue weighted by molar-refractivity contribution is -0.118. The lowest BCUT2D eigenvalue weighted by Gasteiger charge is -2.22. The van der Waals surface area contributed by atoms with Crippen molar-refractivity contribution in [2.75, 3.05) is 5.32 Å². The highest BCUT2D eigenvalue weighted by atomic mass is 35.5. The van der Waals surface area contributed by atoms with E-state index in [4.69, 9.17) is 11.6 Å². The first-order chi connectivity index (χ1) is 14.3. The smallest absolute Gasteiger partial charge is 0.253 e. The van der Waals surface area contributed by atoms with E-state index in [2.05, 4.69) is 26.2 Å². The van der Waals surface area contributed by atoms with Crippen molar-refractivity contribution >= 4 is 29.1 Å². The summed E-state index contributed by atoms with van der Waals surface area (Å²) in [7, 11) is 0. The normalized spacial score (nSPS) is 11.9. The fourth-order valence-corrected chi connectivity index (χ4v) is 3.04. The molecular weight excluding hydrogens is 411 g/mol. The number of benzene rings is 2. The Morgan fingerprint density at radius 3 is 2.53 bits per heavy atom. The summed E-state index contributed by atoms with van der Waals surface area (Å²) < 4.78 is 15.7. The molecule has 8 nitrogen and oxygen atoms in total. The van der Waals surface area contributed by atoms with Crippen LogP contribution < -0.4 is 10.6 Å². The maximum absolute atomic E-state index is 14.3. The molecule has 1 aromatic heterocycles. The Bertz CT molecular complexity index is 1080. The number of aromatic nitrogens is 4. The summed E-state index contributed by atoms with van der Waals surface area (Å²) in [6.07, 6.45) is 0. The maximum Gasteiger partial charge on any atom is 0.253 e. The Hall–Kier alpha value is -3.33. The van der Waals surface area contributed by atoms with Crippen LogP contribution in [-0.4, -0.2) is 38.1 Å². The van der Waals surface area contributed by atoms with Gasteiger partial charge in [-0.3, -0.25) is 9.59 Å². The Morgan fingerprint density at radius 2 is 1.90 bits per heavy atom. The van der Waals surface area contributed by atoms with Gasteiger partial charge in [-0.25, -0.2) is 4.39 Å². The number of hydrogen-bond donors (Lipinski definition) is 2. The van der Waals surface area contributed by atoms with E-state index in [9.17, 15) is 14.0 Å². The van der Waals surface area contributed by atoms with Crippen LogP contribution in [0.3, 0.4) is 0 Å². The Morgan fingerprint density at radius 1 is 1.17 bits per heavy atom. The average Bonchev–Trinajstić information content (AvgIpc) is 3.13. The van der Waals surface area contributed by atoms with Crippen LogP contribution in [0.15, 0.2) is 42.5 Å². The second-order valence-electron chi connectivity index (χ2n) is 6.97. The Labute approximate surface area is 177 Å². The van der Waals surface area contributed by atoms with Crippen molar-refractivity contribution in [3.8, 4) is 5.69 Å². The summed E-state index contributed by atoms with van der Waals surface area (Å²) in [5.74, 6) is -1.43. The van der Waals surface area contributed by atoms with Crippen LogP contribution in [0.4, 0.5) is 10.1 Å². The molecule has 1 heterocycles. The zero-order valence-corrected chi connectivity index (χ0v) is 17.3. The first-order valence-electron chi connectivity index (χ1n) is 9.19. The van der Waals surface area contributed by atoms with Crippen LogP contribution in [0.2, 0.25) is 5.02 Å². The molecule has 2 N–H and O–H groups in total. The second kappa shape index (κ2) is 9.00. The number of halogens is 2. The van der Waals surface area contributed by atoms with Gasteiger partial charge in [-0.15, -0.1) is 5.10 Å². The standard InChI is InChI=1S/C20H20ClFN6O2/c1-11(2)18(24-19(29)14-6-4-5-7-15(14)21)20(30)23-17-10-13(8-9-16(17)22)28-12(3)25-26-27-28/h4-11,18H,1-3H3,(H,23,30)(H,24,29). The molecule has 0 saturated heterocycles. The van der Waals surface area contributed by atoms with Crippen molar-refractivity contribution in [1.29, 1.82) is 0 Å². The third kappa shape index (κ3) is 4.62. The minimum Gasteiger partial charge on any atom is -0.340 e. The number of tetrazole rings is 1. The average molecular weight is 431 g/mol. The van der Waals surface area contributed by atoms with Crippen LogP contribution in [0, 0.1) is 18.7 Å². The molecule has 0 radical (unpaired) electrons. The zero-order chi connectivity index (χ0) is 21.8. The van der Waals surface area contributed by atoms with Crippen LogP contribution in [-0.2, 0) is 4.79 Å². The number of nitrogens with one attached hydrogen (secondary N) is 2. The van der Waals surface area contributed by atoms with Gasteiger partial charge in [-0.1, -0.05) is 37.6 Å². The number of anilines is 1. The number of nitrogens with zero attached hydrogens (tertiary/aromatic N) is 4. The number of carbonyl (C=O) groups excluding carboxylic acids is 2. The Kier molecular flexibility index (Phi) is 6.41. The molecular formula is C20H20ClFN6O2. The molecule has 1 atom stereocenters. The number of aryl methyl sites for hydroxylation is 1. The molecule has 10 heteroatoms. The van der Waals surface area contributed by atoms with E-state index in [1.807, 2.05) is 0 Å².